The second-order valence-corrected chi connectivity index (χ2v) is 7.37. The highest BCUT2D eigenvalue weighted by Crippen LogP contribution is 2.25. The summed E-state index contributed by atoms with van der Waals surface area (Å²) in [4.78, 5) is 11.7. The van der Waals surface area contributed by atoms with Crippen molar-refractivity contribution in [3.63, 3.8) is 0 Å². The average Bonchev–Trinajstić information content (AvgIpc) is 2.79. The molecule has 1 aliphatic heterocycles. The molecule has 110 valence electrons. The van der Waals surface area contributed by atoms with Crippen molar-refractivity contribution in [3.8, 4) is 0 Å². The third kappa shape index (κ3) is 4.74. The van der Waals surface area contributed by atoms with Gasteiger partial charge in [0.25, 0.3) is 0 Å². The van der Waals surface area contributed by atoms with Gasteiger partial charge in [0.05, 0.1) is 11.7 Å². The molecular formula is C12H23N3O3S. The van der Waals surface area contributed by atoms with Crippen LogP contribution in [0.25, 0.3) is 0 Å². The lowest BCUT2D eigenvalue weighted by molar-refractivity contribution is -0.124. The van der Waals surface area contributed by atoms with Crippen LogP contribution >= 0.6 is 0 Å². The Labute approximate surface area is 114 Å². The van der Waals surface area contributed by atoms with Gasteiger partial charge in [-0.15, -0.1) is 0 Å². The first-order chi connectivity index (χ1) is 9.07. The molecule has 1 saturated heterocycles. The maximum absolute atomic E-state index is 11.7. The average molecular weight is 289 g/mol. The first kappa shape index (κ1) is 14.7. The summed E-state index contributed by atoms with van der Waals surface area (Å²) in [7, 11) is -3.25. The van der Waals surface area contributed by atoms with E-state index in [1.807, 2.05) is 0 Å². The van der Waals surface area contributed by atoms with Crippen LogP contribution in [0.1, 0.15) is 25.7 Å². The van der Waals surface area contributed by atoms with E-state index < -0.39 is 10.0 Å². The number of hydrogen-bond donors (Lipinski definition) is 3. The minimum absolute atomic E-state index is 0.00867. The summed E-state index contributed by atoms with van der Waals surface area (Å²) in [6.07, 6.45) is 4.28. The summed E-state index contributed by atoms with van der Waals surface area (Å²) in [5.41, 5.74) is 0. The van der Waals surface area contributed by atoms with E-state index in [4.69, 9.17) is 0 Å². The molecule has 1 aliphatic carbocycles. The van der Waals surface area contributed by atoms with E-state index in [1.54, 1.807) is 0 Å². The van der Waals surface area contributed by atoms with Crippen molar-refractivity contribution < 1.29 is 13.2 Å². The molecule has 6 nitrogen and oxygen atoms in total. The molecule has 0 radical (unpaired) electrons. The number of sulfonamides is 1. The molecule has 2 fully saturated rings. The van der Waals surface area contributed by atoms with Crippen LogP contribution < -0.4 is 15.4 Å². The highest BCUT2D eigenvalue weighted by atomic mass is 32.2. The number of carbonyl (C=O) groups excluding carboxylic acids is 1. The number of carbonyl (C=O) groups is 1. The molecule has 0 aromatic carbocycles. The minimum Gasteiger partial charge on any atom is -0.355 e. The third-order valence-electron chi connectivity index (χ3n) is 3.92. The van der Waals surface area contributed by atoms with Gasteiger partial charge in [0.1, 0.15) is 0 Å². The molecule has 1 saturated carbocycles. The summed E-state index contributed by atoms with van der Waals surface area (Å²) in [6, 6.07) is 0. The zero-order valence-corrected chi connectivity index (χ0v) is 12.0. The lowest BCUT2D eigenvalue weighted by Crippen LogP contribution is -2.39. The quantitative estimate of drug-likeness (QED) is 0.586. The van der Waals surface area contributed by atoms with Crippen molar-refractivity contribution in [2.75, 3.05) is 31.9 Å². The molecule has 2 aliphatic rings. The van der Waals surface area contributed by atoms with Gasteiger partial charge < -0.3 is 10.6 Å². The topological polar surface area (TPSA) is 87.3 Å². The number of hydrogen-bond acceptors (Lipinski definition) is 4. The minimum atomic E-state index is -3.25. The zero-order chi connectivity index (χ0) is 13.7. The van der Waals surface area contributed by atoms with Crippen molar-refractivity contribution >= 4 is 15.9 Å². The van der Waals surface area contributed by atoms with E-state index in [-0.39, 0.29) is 24.1 Å². The Hall–Kier alpha value is -0.660. The Kier molecular flexibility index (Phi) is 5.18. The van der Waals surface area contributed by atoms with E-state index in [9.17, 15) is 13.2 Å². The molecular weight excluding hydrogens is 266 g/mol. The van der Waals surface area contributed by atoms with Gasteiger partial charge in [0.2, 0.25) is 15.9 Å². The molecule has 1 atom stereocenters. The fourth-order valence-corrected chi connectivity index (χ4v) is 3.35. The summed E-state index contributed by atoms with van der Waals surface area (Å²) >= 11 is 0. The van der Waals surface area contributed by atoms with Gasteiger partial charge in [-0.3, -0.25) is 4.79 Å². The first-order valence-electron chi connectivity index (χ1n) is 7.02. The lowest BCUT2D eigenvalue weighted by Gasteiger charge is -2.25. The third-order valence-corrected chi connectivity index (χ3v) is 5.27. The number of amides is 1. The van der Waals surface area contributed by atoms with E-state index >= 15 is 0 Å². The van der Waals surface area contributed by atoms with Gasteiger partial charge in [-0.25, -0.2) is 13.1 Å². The standard InChI is InChI=1S/C12H23N3O3S/c16-12(11-4-5-13-9-11)14-6-7-19(17,18)15-8-10-2-1-3-10/h10-11,13,15H,1-9H2,(H,14,16). The summed E-state index contributed by atoms with van der Waals surface area (Å²) in [5.74, 6) is 0.421. The highest BCUT2D eigenvalue weighted by Gasteiger charge is 2.23. The second kappa shape index (κ2) is 6.67. The molecule has 2 rings (SSSR count). The lowest BCUT2D eigenvalue weighted by atomic mass is 9.86. The molecule has 0 aromatic rings. The Morgan fingerprint density at radius 3 is 2.63 bits per heavy atom. The van der Waals surface area contributed by atoms with Crippen LogP contribution in [0.2, 0.25) is 0 Å². The van der Waals surface area contributed by atoms with Crippen LogP contribution in [0.4, 0.5) is 0 Å². The van der Waals surface area contributed by atoms with Gasteiger partial charge in [-0.05, 0) is 31.7 Å². The van der Waals surface area contributed by atoms with Gasteiger partial charge in [0.15, 0.2) is 0 Å². The molecule has 1 heterocycles. The molecule has 0 aromatic heterocycles. The Morgan fingerprint density at radius 2 is 2.05 bits per heavy atom. The fourth-order valence-electron chi connectivity index (χ4n) is 2.35. The van der Waals surface area contributed by atoms with E-state index in [2.05, 4.69) is 15.4 Å². The van der Waals surface area contributed by atoms with E-state index in [1.165, 1.54) is 6.42 Å². The van der Waals surface area contributed by atoms with Crippen LogP contribution in [-0.4, -0.2) is 46.3 Å². The highest BCUT2D eigenvalue weighted by molar-refractivity contribution is 7.89. The van der Waals surface area contributed by atoms with Crippen LogP contribution in [0.3, 0.4) is 0 Å². The Bertz CT molecular complexity index is 400. The summed E-state index contributed by atoms with van der Waals surface area (Å²) in [5, 5.41) is 5.81. The van der Waals surface area contributed by atoms with Gasteiger partial charge >= 0.3 is 0 Å². The van der Waals surface area contributed by atoms with Gasteiger partial charge in [0, 0.05) is 19.6 Å². The maximum Gasteiger partial charge on any atom is 0.224 e. The maximum atomic E-state index is 11.7. The predicted octanol–water partition coefficient (Wildman–Crippen LogP) is -0.568. The van der Waals surface area contributed by atoms with Crippen LogP contribution in [0.15, 0.2) is 0 Å². The van der Waals surface area contributed by atoms with Crippen molar-refractivity contribution in [3.05, 3.63) is 0 Å². The number of nitrogens with one attached hydrogen (secondary N) is 3. The Morgan fingerprint density at radius 1 is 1.26 bits per heavy atom. The SMILES string of the molecule is O=C(NCCS(=O)(=O)NCC1CCC1)C1CCNC1. The largest absolute Gasteiger partial charge is 0.355 e. The fraction of sp³-hybridized carbons (Fsp3) is 0.917. The molecule has 19 heavy (non-hydrogen) atoms. The van der Waals surface area contributed by atoms with Gasteiger partial charge in [-0.1, -0.05) is 6.42 Å². The smallest absolute Gasteiger partial charge is 0.224 e. The van der Waals surface area contributed by atoms with Crippen LogP contribution in [0.5, 0.6) is 0 Å². The molecule has 3 N–H and O–H groups in total. The Balaban J connectivity index is 1.61. The predicted molar refractivity (Wildman–Crippen MR) is 73.1 cm³/mol. The van der Waals surface area contributed by atoms with Crippen molar-refractivity contribution in [2.24, 2.45) is 11.8 Å². The molecule has 1 unspecified atom stereocenters. The normalized spacial score (nSPS) is 24.1. The van der Waals surface area contributed by atoms with Crippen LogP contribution in [0, 0.1) is 11.8 Å². The van der Waals surface area contributed by atoms with E-state index in [0.29, 0.717) is 19.0 Å². The van der Waals surface area contributed by atoms with Crippen molar-refractivity contribution in [1.82, 2.24) is 15.4 Å². The second-order valence-electron chi connectivity index (χ2n) is 5.45. The van der Waals surface area contributed by atoms with Gasteiger partial charge in [-0.2, -0.15) is 0 Å². The zero-order valence-electron chi connectivity index (χ0n) is 11.2. The first-order valence-corrected chi connectivity index (χ1v) is 8.68. The molecule has 0 spiro atoms. The molecule has 1 amide bonds. The van der Waals surface area contributed by atoms with Crippen molar-refractivity contribution in [2.45, 2.75) is 25.7 Å². The summed E-state index contributed by atoms with van der Waals surface area (Å²) in [6.45, 7) is 2.29. The van der Waals surface area contributed by atoms with Crippen molar-refractivity contribution in [1.29, 1.82) is 0 Å². The van der Waals surface area contributed by atoms with E-state index in [0.717, 1.165) is 25.8 Å². The summed E-state index contributed by atoms with van der Waals surface area (Å²) < 4.78 is 26.0. The molecule has 0 bridgehead atoms. The molecule has 7 heteroatoms. The number of rotatable bonds is 7. The monoisotopic (exact) mass is 289 g/mol. The van der Waals surface area contributed by atoms with Crippen LogP contribution in [-0.2, 0) is 14.8 Å².